The van der Waals surface area contributed by atoms with Crippen molar-refractivity contribution in [1.29, 1.82) is 0 Å². The molecule has 1 aliphatic carbocycles. The zero-order valence-electron chi connectivity index (χ0n) is 8.83. The van der Waals surface area contributed by atoms with E-state index in [2.05, 4.69) is 19.0 Å². The summed E-state index contributed by atoms with van der Waals surface area (Å²) in [7, 11) is 4.32. The number of ether oxygens (including phenoxy) is 1. The number of rotatable bonds is 4. The van der Waals surface area contributed by atoms with E-state index in [1.54, 1.807) is 0 Å². The molecule has 0 aromatic rings. The van der Waals surface area contributed by atoms with Crippen molar-refractivity contribution in [2.45, 2.75) is 37.8 Å². The molecule has 78 valence electrons. The molecule has 3 nitrogen and oxygen atoms in total. The topological polar surface area (TPSA) is 38.5 Å². The van der Waals surface area contributed by atoms with Crippen LogP contribution in [0.3, 0.4) is 0 Å². The lowest BCUT2D eigenvalue weighted by molar-refractivity contribution is 0.0174. The fourth-order valence-electron chi connectivity index (χ4n) is 1.96. The number of hydrogen-bond acceptors (Lipinski definition) is 3. The lowest BCUT2D eigenvalue weighted by Gasteiger charge is -2.32. The summed E-state index contributed by atoms with van der Waals surface area (Å²) in [6, 6.07) is 0.762. The molecule has 1 rings (SSSR count). The van der Waals surface area contributed by atoms with Crippen LogP contribution in [0.5, 0.6) is 0 Å². The Morgan fingerprint density at radius 2 is 1.85 bits per heavy atom. The molecule has 0 heterocycles. The van der Waals surface area contributed by atoms with Crippen molar-refractivity contribution in [3.63, 3.8) is 0 Å². The second-order valence-corrected chi connectivity index (χ2v) is 4.05. The van der Waals surface area contributed by atoms with Gasteiger partial charge in [-0.2, -0.15) is 0 Å². The number of nitrogens with zero attached hydrogens (tertiary/aromatic N) is 1. The van der Waals surface area contributed by atoms with Gasteiger partial charge in [0.25, 0.3) is 0 Å². The highest BCUT2D eigenvalue weighted by Crippen LogP contribution is 2.23. The van der Waals surface area contributed by atoms with Crippen LogP contribution in [0.15, 0.2) is 0 Å². The molecule has 0 spiro atoms. The van der Waals surface area contributed by atoms with Crippen LogP contribution in [0.2, 0.25) is 0 Å². The normalized spacial score (nSPS) is 29.5. The third-order valence-corrected chi connectivity index (χ3v) is 2.85. The third-order valence-electron chi connectivity index (χ3n) is 2.85. The van der Waals surface area contributed by atoms with E-state index in [-0.39, 0.29) is 0 Å². The molecule has 1 fully saturated rings. The Labute approximate surface area is 81.2 Å². The quantitative estimate of drug-likeness (QED) is 0.707. The highest BCUT2D eigenvalue weighted by molar-refractivity contribution is 4.77. The van der Waals surface area contributed by atoms with Gasteiger partial charge in [0, 0.05) is 12.6 Å². The predicted molar refractivity (Wildman–Crippen MR) is 54.7 cm³/mol. The zero-order chi connectivity index (χ0) is 9.68. The maximum absolute atomic E-state index is 5.62. The maximum Gasteiger partial charge on any atom is 0.0592 e. The lowest BCUT2D eigenvalue weighted by Crippen LogP contribution is -2.34. The SMILES string of the molecule is CN(C)C1CCC(OCCN)CC1. The first-order valence-electron chi connectivity index (χ1n) is 5.22. The smallest absolute Gasteiger partial charge is 0.0592 e. The van der Waals surface area contributed by atoms with E-state index >= 15 is 0 Å². The summed E-state index contributed by atoms with van der Waals surface area (Å²) in [5.41, 5.74) is 5.39. The van der Waals surface area contributed by atoms with E-state index in [1.165, 1.54) is 25.7 Å². The van der Waals surface area contributed by atoms with Crippen molar-refractivity contribution < 1.29 is 4.74 Å². The molecular formula is C10H22N2O. The van der Waals surface area contributed by atoms with Crippen molar-refractivity contribution in [3.05, 3.63) is 0 Å². The highest BCUT2D eigenvalue weighted by atomic mass is 16.5. The summed E-state index contributed by atoms with van der Waals surface area (Å²) in [6.07, 6.45) is 5.40. The minimum absolute atomic E-state index is 0.472. The van der Waals surface area contributed by atoms with E-state index in [1.807, 2.05) is 0 Å². The zero-order valence-corrected chi connectivity index (χ0v) is 8.83. The van der Waals surface area contributed by atoms with E-state index < -0.39 is 0 Å². The summed E-state index contributed by atoms with van der Waals surface area (Å²) in [6.45, 7) is 1.37. The molecule has 13 heavy (non-hydrogen) atoms. The average molecular weight is 186 g/mol. The second-order valence-electron chi connectivity index (χ2n) is 4.05. The molecule has 1 saturated carbocycles. The third kappa shape index (κ3) is 3.63. The van der Waals surface area contributed by atoms with Crippen LogP contribution in [-0.2, 0) is 4.74 Å². The van der Waals surface area contributed by atoms with Gasteiger partial charge in [-0.3, -0.25) is 0 Å². The molecule has 0 unspecified atom stereocenters. The summed E-state index contributed by atoms with van der Waals surface area (Å²) in [4.78, 5) is 2.32. The number of nitrogens with two attached hydrogens (primary N) is 1. The van der Waals surface area contributed by atoms with Crippen LogP contribution in [0.4, 0.5) is 0 Å². The van der Waals surface area contributed by atoms with Crippen LogP contribution in [0.1, 0.15) is 25.7 Å². The van der Waals surface area contributed by atoms with E-state index in [4.69, 9.17) is 10.5 Å². The van der Waals surface area contributed by atoms with Crippen LogP contribution in [-0.4, -0.2) is 44.3 Å². The van der Waals surface area contributed by atoms with Crippen molar-refractivity contribution in [1.82, 2.24) is 4.90 Å². The minimum Gasteiger partial charge on any atom is -0.377 e. The molecule has 0 amide bonds. The summed E-state index contributed by atoms with van der Waals surface area (Å²) < 4.78 is 5.62. The van der Waals surface area contributed by atoms with Crippen molar-refractivity contribution in [3.8, 4) is 0 Å². The molecule has 1 aliphatic rings. The van der Waals surface area contributed by atoms with E-state index in [0.29, 0.717) is 12.6 Å². The Hall–Kier alpha value is -0.120. The highest BCUT2D eigenvalue weighted by Gasteiger charge is 2.22. The summed E-state index contributed by atoms with van der Waals surface area (Å²) >= 11 is 0. The fourth-order valence-corrected chi connectivity index (χ4v) is 1.96. The molecule has 3 heteroatoms. The predicted octanol–water partition coefficient (Wildman–Crippen LogP) is 0.834. The molecule has 0 aliphatic heterocycles. The van der Waals surface area contributed by atoms with Gasteiger partial charge in [0.15, 0.2) is 0 Å². The molecule has 0 saturated heterocycles. The fraction of sp³-hybridized carbons (Fsp3) is 1.00. The van der Waals surface area contributed by atoms with Gasteiger partial charge in [-0.1, -0.05) is 0 Å². The largest absolute Gasteiger partial charge is 0.377 e. The Morgan fingerprint density at radius 1 is 1.23 bits per heavy atom. The summed E-state index contributed by atoms with van der Waals surface area (Å²) in [5, 5.41) is 0. The maximum atomic E-state index is 5.62. The molecule has 0 bridgehead atoms. The molecular weight excluding hydrogens is 164 g/mol. The van der Waals surface area contributed by atoms with Crippen molar-refractivity contribution >= 4 is 0 Å². The Balaban J connectivity index is 2.15. The Kier molecular flexibility index (Phi) is 4.70. The second kappa shape index (κ2) is 5.58. The first-order valence-corrected chi connectivity index (χ1v) is 5.22. The molecule has 0 aromatic carbocycles. The van der Waals surface area contributed by atoms with Gasteiger partial charge in [-0.05, 0) is 39.8 Å². The Morgan fingerprint density at radius 3 is 2.31 bits per heavy atom. The van der Waals surface area contributed by atoms with Gasteiger partial charge in [0.05, 0.1) is 12.7 Å². The van der Waals surface area contributed by atoms with Gasteiger partial charge in [0.2, 0.25) is 0 Å². The monoisotopic (exact) mass is 186 g/mol. The van der Waals surface area contributed by atoms with Crippen LogP contribution < -0.4 is 5.73 Å². The molecule has 0 radical (unpaired) electrons. The Bertz CT molecular complexity index is 131. The average Bonchev–Trinajstić information content (AvgIpc) is 2.15. The standard InChI is InChI=1S/C10H22N2O/c1-12(2)9-3-5-10(6-4-9)13-8-7-11/h9-10H,3-8,11H2,1-2H3. The van der Waals surface area contributed by atoms with Gasteiger partial charge in [-0.25, -0.2) is 0 Å². The van der Waals surface area contributed by atoms with E-state index in [0.717, 1.165) is 12.6 Å². The number of hydrogen-bond donors (Lipinski definition) is 1. The van der Waals surface area contributed by atoms with Crippen LogP contribution in [0, 0.1) is 0 Å². The van der Waals surface area contributed by atoms with E-state index in [9.17, 15) is 0 Å². The van der Waals surface area contributed by atoms with Gasteiger partial charge >= 0.3 is 0 Å². The van der Waals surface area contributed by atoms with Crippen LogP contribution >= 0.6 is 0 Å². The van der Waals surface area contributed by atoms with Gasteiger partial charge in [-0.15, -0.1) is 0 Å². The molecule has 2 N–H and O–H groups in total. The van der Waals surface area contributed by atoms with Gasteiger partial charge < -0.3 is 15.4 Å². The van der Waals surface area contributed by atoms with Crippen molar-refractivity contribution in [2.75, 3.05) is 27.2 Å². The summed E-state index contributed by atoms with van der Waals surface area (Å²) in [5.74, 6) is 0. The van der Waals surface area contributed by atoms with Gasteiger partial charge in [0.1, 0.15) is 0 Å². The van der Waals surface area contributed by atoms with Crippen LogP contribution in [0.25, 0.3) is 0 Å². The van der Waals surface area contributed by atoms with Crippen molar-refractivity contribution in [2.24, 2.45) is 5.73 Å². The first-order chi connectivity index (χ1) is 6.24. The minimum atomic E-state index is 0.472. The molecule has 0 atom stereocenters. The lowest BCUT2D eigenvalue weighted by atomic mass is 9.92. The molecule has 0 aromatic heterocycles. The first kappa shape index (κ1) is 11.0.